The molecule has 0 aromatic heterocycles. The molecule has 16 heavy (non-hydrogen) atoms. The Morgan fingerprint density at radius 2 is 2.12 bits per heavy atom. The van der Waals surface area contributed by atoms with Crippen molar-refractivity contribution in [3.8, 4) is 0 Å². The molecule has 0 fully saturated rings. The molecule has 0 spiro atoms. The van der Waals surface area contributed by atoms with Gasteiger partial charge in [-0.25, -0.2) is 18.0 Å². The van der Waals surface area contributed by atoms with Crippen molar-refractivity contribution in [3.63, 3.8) is 0 Å². The molecule has 0 saturated carbocycles. The van der Waals surface area contributed by atoms with Crippen molar-refractivity contribution in [2.24, 2.45) is 0 Å². The van der Waals surface area contributed by atoms with E-state index in [1.165, 1.54) is 12.1 Å². The van der Waals surface area contributed by atoms with E-state index in [0.29, 0.717) is 0 Å². The minimum atomic E-state index is -2.87. The molecule has 0 saturated heterocycles. The van der Waals surface area contributed by atoms with Crippen LogP contribution in [0.3, 0.4) is 0 Å². The molecule has 1 aromatic carbocycles. The largest absolute Gasteiger partial charge is 0.465 e. The highest BCUT2D eigenvalue weighted by atomic mass is 79.9. The van der Waals surface area contributed by atoms with Crippen LogP contribution in [0.4, 0.5) is 23.7 Å². The Hall–Kier alpha value is -1.24. The minimum Gasteiger partial charge on any atom is -0.465 e. The molecule has 1 rings (SSSR count). The Kier molecular flexibility index (Phi) is 4.17. The van der Waals surface area contributed by atoms with Crippen molar-refractivity contribution in [2.45, 2.75) is 6.43 Å². The summed E-state index contributed by atoms with van der Waals surface area (Å²) in [5.41, 5.74) is -0.401. The van der Waals surface area contributed by atoms with Crippen molar-refractivity contribution in [1.82, 2.24) is 0 Å². The lowest BCUT2D eigenvalue weighted by Gasteiger charge is -2.19. The number of rotatable bonds is 3. The van der Waals surface area contributed by atoms with E-state index in [0.717, 1.165) is 6.07 Å². The van der Waals surface area contributed by atoms with E-state index in [1.54, 1.807) is 0 Å². The average molecular weight is 298 g/mol. The fourth-order valence-electron chi connectivity index (χ4n) is 1.12. The summed E-state index contributed by atoms with van der Waals surface area (Å²) in [6, 6.07) is 3.84. The number of halogens is 4. The van der Waals surface area contributed by atoms with E-state index in [1.807, 2.05) is 0 Å². The number of alkyl halides is 2. The summed E-state index contributed by atoms with van der Waals surface area (Å²) in [5, 5.41) is 8.70. The zero-order valence-electron chi connectivity index (χ0n) is 7.83. The standard InChI is InChI=1S/C9H7BrF3NO2/c10-5-2-1-3-6(8(5)13)14(9(15)16)4-7(11)12/h1-3,7H,4H2,(H,15,16). The Bertz CT molecular complexity index is 400. The lowest BCUT2D eigenvalue weighted by Crippen LogP contribution is -2.34. The van der Waals surface area contributed by atoms with E-state index in [4.69, 9.17) is 5.11 Å². The monoisotopic (exact) mass is 297 g/mol. The smallest absolute Gasteiger partial charge is 0.412 e. The van der Waals surface area contributed by atoms with Crippen molar-refractivity contribution >= 4 is 27.7 Å². The first-order valence-corrected chi connectivity index (χ1v) is 4.95. The van der Waals surface area contributed by atoms with Gasteiger partial charge in [-0.3, -0.25) is 4.90 Å². The van der Waals surface area contributed by atoms with E-state index >= 15 is 0 Å². The normalized spacial score (nSPS) is 10.6. The van der Waals surface area contributed by atoms with Crippen LogP contribution in [-0.2, 0) is 0 Å². The molecule has 0 unspecified atom stereocenters. The van der Waals surface area contributed by atoms with Crippen molar-refractivity contribution in [3.05, 3.63) is 28.5 Å². The second-order valence-electron chi connectivity index (χ2n) is 2.86. The summed E-state index contributed by atoms with van der Waals surface area (Å²) >= 11 is 2.85. The number of carbonyl (C=O) groups is 1. The SMILES string of the molecule is O=C(O)N(CC(F)F)c1cccc(Br)c1F. The van der Waals surface area contributed by atoms with E-state index in [2.05, 4.69) is 15.9 Å². The fourth-order valence-corrected chi connectivity index (χ4v) is 1.47. The molecular weight excluding hydrogens is 291 g/mol. The molecule has 1 amide bonds. The molecular formula is C9H7BrF3NO2. The summed E-state index contributed by atoms with van der Waals surface area (Å²) in [5.74, 6) is -0.884. The van der Waals surface area contributed by atoms with Crippen LogP contribution in [0.15, 0.2) is 22.7 Å². The van der Waals surface area contributed by atoms with Crippen molar-refractivity contribution < 1.29 is 23.1 Å². The van der Waals surface area contributed by atoms with Gasteiger partial charge < -0.3 is 5.11 Å². The van der Waals surface area contributed by atoms with Gasteiger partial charge in [0, 0.05) is 0 Å². The van der Waals surface area contributed by atoms with Gasteiger partial charge >= 0.3 is 6.09 Å². The molecule has 0 heterocycles. The highest BCUT2D eigenvalue weighted by molar-refractivity contribution is 9.10. The lowest BCUT2D eigenvalue weighted by molar-refractivity contribution is 0.147. The summed E-state index contributed by atoms with van der Waals surface area (Å²) in [6.07, 6.45) is -4.49. The number of amides is 1. The van der Waals surface area contributed by atoms with Crippen LogP contribution in [0.25, 0.3) is 0 Å². The first kappa shape index (κ1) is 12.8. The topological polar surface area (TPSA) is 40.5 Å². The number of benzene rings is 1. The molecule has 0 aliphatic heterocycles. The molecule has 0 atom stereocenters. The fraction of sp³-hybridized carbons (Fsp3) is 0.222. The van der Waals surface area contributed by atoms with Gasteiger partial charge in [-0.05, 0) is 28.1 Å². The number of anilines is 1. The summed E-state index contributed by atoms with van der Waals surface area (Å²) in [4.78, 5) is 11.0. The zero-order valence-corrected chi connectivity index (χ0v) is 9.42. The van der Waals surface area contributed by atoms with Gasteiger partial charge in [-0.1, -0.05) is 6.07 Å². The van der Waals surface area contributed by atoms with Crippen LogP contribution in [0, 0.1) is 5.82 Å². The third kappa shape index (κ3) is 2.88. The first-order chi connectivity index (χ1) is 7.43. The molecule has 88 valence electrons. The molecule has 7 heteroatoms. The highest BCUT2D eigenvalue weighted by Gasteiger charge is 2.22. The maximum Gasteiger partial charge on any atom is 0.412 e. The van der Waals surface area contributed by atoms with Crippen molar-refractivity contribution in [1.29, 1.82) is 0 Å². The minimum absolute atomic E-state index is 0.0190. The summed E-state index contributed by atoms with van der Waals surface area (Å²) < 4.78 is 37.7. The molecule has 3 nitrogen and oxygen atoms in total. The molecule has 1 aromatic rings. The molecule has 0 radical (unpaired) electrons. The number of nitrogens with zero attached hydrogens (tertiary/aromatic N) is 1. The Morgan fingerprint density at radius 1 is 1.50 bits per heavy atom. The van der Waals surface area contributed by atoms with Crippen LogP contribution in [-0.4, -0.2) is 24.2 Å². The van der Waals surface area contributed by atoms with Crippen LogP contribution in [0.2, 0.25) is 0 Å². The zero-order chi connectivity index (χ0) is 12.3. The predicted molar refractivity (Wildman–Crippen MR) is 55.5 cm³/mol. The van der Waals surface area contributed by atoms with Gasteiger partial charge in [0.05, 0.1) is 16.7 Å². The molecule has 0 aliphatic carbocycles. The van der Waals surface area contributed by atoms with Crippen LogP contribution in [0.5, 0.6) is 0 Å². The lowest BCUT2D eigenvalue weighted by atomic mass is 10.3. The van der Waals surface area contributed by atoms with Crippen LogP contribution < -0.4 is 4.90 Å². The van der Waals surface area contributed by atoms with Crippen LogP contribution >= 0.6 is 15.9 Å². The van der Waals surface area contributed by atoms with E-state index in [9.17, 15) is 18.0 Å². The van der Waals surface area contributed by atoms with Crippen LogP contribution in [0.1, 0.15) is 0 Å². The average Bonchev–Trinajstić information content (AvgIpc) is 2.18. The second kappa shape index (κ2) is 5.20. The quantitative estimate of drug-likeness (QED) is 0.929. The van der Waals surface area contributed by atoms with Gasteiger partial charge in [-0.15, -0.1) is 0 Å². The maximum atomic E-state index is 13.5. The van der Waals surface area contributed by atoms with E-state index in [-0.39, 0.29) is 9.37 Å². The Balaban J connectivity index is 3.11. The van der Waals surface area contributed by atoms with Gasteiger partial charge in [0.1, 0.15) is 0 Å². The maximum absolute atomic E-state index is 13.5. The third-order valence-electron chi connectivity index (χ3n) is 1.77. The summed E-state index contributed by atoms with van der Waals surface area (Å²) in [7, 11) is 0. The van der Waals surface area contributed by atoms with Gasteiger partial charge in [0.15, 0.2) is 5.82 Å². The predicted octanol–water partition coefficient (Wildman–Crippen LogP) is 3.34. The number of hydrogen-bond donors (Lipinski definition) is 1. The molecule has 0 aliphatic rings. The number of hydrogen-bond acceptors (Lipinski definition) is 1. The van der Waals surface area contributed by atoms with Crippen molar-refractivity contribution in [2.75, 3.05) is 11.4 Å². The second-order valence-corrected chi connectivity index (χ2v) is 3.71. The highest BCUT2D eigenvalue weighted by Crippen LogP contribution is 2.26. The number of carboxylic acid groups (broad SMARTS) is 1. The molecule has 0 bridgehead atoms. The van der Waals surface area contributed by atoms with E-state index < -0.39 is 30.6 Å². The first-order valence-electron chi connectivity index (χ1n) is 4.16. The third-order valence-corrected chi connectivity index (χ3v) is 2.39. The van der Waals surface area contributed by atoms with Gasteiger partial charge in [-0.2, -0.15) is 0 Å². The van der Waals surface area contributed by atoms with Gasteiger partial charge in [0.25, 0.3) is 6.43 Å². The summed E-state index contributed by atoms with van der Waals surface area (Å²) in [6.45, 7) is -1.07. The molecule has 1 N–H and O–H groups in total. The Labute approximate surface area is 97.6 Å². The van der Waals surface area contributed by atoms with Gasteiger partial charge in [0.2, 0.25) is 0 Å². The Morgan fingerprint density at radius 3 is 2.62 bits per heavy atom.